The Hall–Kier alpha value is -2.50. The summed E-state index contributed by atoms with van der Waals surface area (Å²) in [4.78, 5) is 17.4. The summed E-state index contributed by atoms with van der Waals surface area (Å²) in [6.45, 7) is 4.41. The summed E-state index contributed by atoms with van der Waals surface area (Å²) in [5.74, 6) is -0.179. The predicted molar refractivity (Wildman–Crippen MR) is 140 cm³/mol. The quantitative estimate of drug-likeness (QED) is 0.407. The van der Waals surface area contributed by atoms with Crippen molar-refractivity contribution in [1.82, 2.24) is 4.90 Å². The van der Waals surface area contributed by atoms with E-state index in [0.717, 1.165) is 54.7 Å². The number of anilines is 2. The third kappa shape index (κ3) is 6.52. The van der Waals surface area contributed by atoms with Gasteiger partial charge in [0, 0.05) is 53.4 Å². The molecule has 0 aliphatic carbocycles. The lowest BCUT2D eigenvalue weighted by Crippen LogP contribution is -2.46. The molecule has 1 heterocycles. The number of hydrogen-bond donors (Lipinski definition) is 1. The first-order valence-electron chi connectivity index (χ1n) is 10.7. The lowest BCUT2D eigenvalue weighted by Gasteiger charge is -2.36. The molecule has 1 fully saturated rings. The Morgan fingerprint density at radius 1 is 0.818 bits per heavy atom. The molecule has 3 aromatic rings. The van der Waals surface area contributed by atoms with Crippen molar-refractivity contribution in [2.75, 3.05) is 42.9 Å². The first-order valence-corrected chi connectivity index (χ1v) is 11.9. The van der Waals surface area contributed by atoms with Gasteiger partial charge in [0.05, 0.1) is 11.4 Å². The Labute approximate surface area is 209 Å². The van der Waals surface area contributed by atoms with Crippen LogP contribution in [0.5, 0.6) is 0 Å². The highest BCUT2D eigenvalue weighted by molar-refractivity contribution is 6.31. The van der Waals surface area contributed by atoms with Gasteiger partial charge in [0.15, 0.2) is 0 Å². The van der Waals surface area contributed by atoms with Crippen LogP contribution >= 0.6 is 34.8 Å². The smallest absolute Gasteiger partial charge is 0.255 e. The van der Waals surface area contributed by atoms with E-state index in [1.165, 1.54) is 0 Å². The maximum atomic E-state index is 12.7. The molecule has 1 aliphatic rings. The topological polar surface area (TPSA) is 35.6 Å². The van der Waals surface area contributed by atoms with E-state index in [1.807, 2.05) is 36.4 Å². The number of amides is 1. The highest BCUT2D eigenvalue weighted by Gasteiger charge is 2.20. The Balaban J connectivity index is 1.37. The predicted octanol–water partition coefficient (Wildman–Crippen LogP) is 6.73. The molecule has 7 heteroatoms. The van der Waals surface area contributed by atoms with E-state index in [0.29, 0.717) is 15.6 Å². The number of carbonyl (C=O) groups is 1. The van der Waals surface area contributed by atoms with E-state index in [4.69, 9.17) is 34.8 Å². The molecular weight excluding hydrogens is 477 g/mol. The number of rotatable bonds is 6. The van der Waals surface area contributed by atoms with Crippen molar-refractivity contribution >= 4 is 58.2 Å². The zero-order valence-electron chi connectivity index (χ0n) is 18.0. The molecule has 0 saturated carbocycles. The van der Waals surface area contributed by atoms with Crippen LogP contribution < -0.4 is 10.2 Å². The third-order valence-electron chi connectivity index (χ3n) is 5.57. The second-order valence-corrected chi connectivity index (χ2v) is 9.17. The van der Waals surface area contributed by atoms with Crippen molar-refractivity contribution in [2.24, 2.45) is 0 Å². The van der Waals surface area contributed by atoms with E-state index in [9.17, 15) is 4.79 Å². The SMILES string of the molecule is O=C(Nc1ccc(Cl)cc1N1CCN(C/C=C/c2ccc(Cl)cc2)CC1)c1ccc(Cl)cc1. The Morgan fingerprint density at radius 3 is 2.09 bits per heavy atom. The molecule has 3 aromatic carbocycles. The summed E-state index contributed by atoms with van der Waals surface area (Å²) in [5.41, 5.74) is 3.37. The van der Waals surface area contributed by atoms with Gasteiger partial charge in [-0.1, -0.05) is 59.1 Å². The van der Waals surface area contributed by atoms with Crippen molar-refractivity contribution in [3.05, 3.63) is 99.0 Å². The first kappa shape index (κ1) is 23.7. The lowest BCUT2D eigenvalue weighted by atomic mass is 10.1. The van der Waals surface area contributed by atoms with Gasteiger partial charge in [-0.25, -0.2) is 0 Å². The van der Waals surface area contributed by atoms with Gasteiger partial charge >= 0.3 is 0 Å². The fraction of sp³-hybridized carbons (Fsp3) is 0.192. The first-order chi connectivity index (χ1) is 16.0. The van der Waals surface area contributed by atoms with Gasteiger partial charge in [-0.05, 0) is 60.2 Å². The number of nitrogens with zero attached hydrogens (tertiary/aromatic N) is 2. The minimum atomic E-state index is -0.179. The highest BCUT2D eigenvalue weighted by Crippen LogP contribution is 2.31. The normalized spacial score (nSPS) is 14.6. The zero-order valence-corrected chi connectivity index (χ0v) is 20.2. The van der Waals surface area contributed by atoms with Crippen LogP contribution in [0, 0.1) is 0 Å². The molecule has 0 bridgehead atoms. The molecular formula is C26H24Cl3N3O. The lowest BCUT2D eigenvalue weighted by molar-refractivity contribution is 0.102. The van der Waals surface area contributed by atoms with Crippen molar-refractivity contribution in [1.29, 1.82) is 0 Å². The van der Waals surface area contributed by atoms with Gasteiger partial charge in [-0.3, -0.25) is 9.69 Å². The molecule has 0 unspecified atom stereocenters. The van der Waals surface area contributed by atoms with Crippen molar-refractivity contribution < 1.29 is 4.79 Å². The van der Waals surface area contributed by atoms with E-state index < -0.39 is 0 Å². The number of nitrogens with one attached hydrogen (secondary N) is 1. The summed E-state index contributed by atoms with van der Waals surface area (Å²) in [7, 11) is 0. The van der Waals surface area contributed by atoms with E-state index in [-0.39, 0.29) is 5.91 Å². The second-order valence-electron chi connectivity index (χ2n) is 7.86. The molecule has 1 aliphatic heterocycles. The number of halogens is 3. The van der Waals surface area contributed by atoms with E-state index in [1.54, 1.807) is 30.3 Å². The maximum Gasteiger partial charge on any atom is 0.255 e. The van der Waals surface area contributed by atoms with Crippen molar-refractivity contribution in [2.45, 2.75) is 0 Å². The van der Waals surface area contributed by atoms with Crippen LogP contribution in [-0.4, -0.2) is 43.5 Å². The van der Waals surface area contributed by atoms with Gasteiger partial charge in [0.2, 0.25) is 0 Å². The maximum absolute atomic E-state index is 12.7. The summed E-state index contributed by atoms with van der Waals surface area (Å²) in [6.07, 6.45) is 4.29. The molecule has 4 rings (SSSR count). The average Bonchev–Trinajstić information content (AvgIpc) is 2.82. The van der Waals surface area contributed by atoms with E-state index in [2.05, 4.69) is 27.3 Å². The average molecular weight is 501 g/mol. The Morgan fingerprint density at radius 2 is 1.42 bits per heavy atom. The van der Waals surface area contributed by atoms with Crippen LogP contribution in [0.4, 0.5) is 11.4 Å². The molecule has 1 saturated heterocycles. The fourth-order valence-electron chi connectivity index (χ4n) is 3.75. The van der Waals surface area contributed by atoms with Gasteiger partial charge in [0.25, 0.3) is 5.91 Å². The van der Waals surface area contributed by atoms with Crippen LogP contribution in [0.15, 0.2) is 72.8 Å². The van der Waals surface area contributed by atoms with Gasteiger partial charge < -0.3 is 10.2 Å². The Bertz CT molecular complexity index is 1120. The zero-order chi connectivity index (χ0) is 23.2. The molecule has 0 radical (unpaired) electrons. The molecule has 33 heavy (non-hydrogen) atoms. The van der Waals surface area contributed by atoms with Gasteiger partial charge in [-0.2, -0.15) is 0 Å². The minimum Gasteiger partial charge on any atom is -0.367 e. The summed E-state index contributed by atoms with van der Waals surface area (Å²) in [5, 5.41) is 5.00. The van der Waals surface area contributed by atoms with E-state index >= 15 is 0 Å². The monoisotopic (exact) mass is 499 g/mol. The van der Waals surface area contributed by atoms with Gasteiger partial charge in [0.1, 0.15) is 0 Å². The van der Waals surface area contributed by atoms with Crippen LogP contribution in [0.1, 0.15) is 15.9 Å². The molecule has 1 amide bonds. The molecule has 0 aromatic heterocycles. The molecule has 1 N–H and O–H groups in total. The highest BCUT2D eigenvalue weighted by atomic mass is 35.5. The van der Waals surface area contributed by atoms with Crippen molar-refractivity contribution in [3.8, 4) is 0 Å². The number of hydrogen-bond acceptors (Lipinski definition) is 3. The fourth-order valence-corrected chi connectivity index (χ4v) is 4.17. The van der Waals surface area contributed by atoms with Crippen LogP contribution in [-0.2, 0) is 0 Å². The van der Waals surface area contributed by atoms with Crippen LogP contribution in [0.2, 0.25) is 15.1 Å². The molecule has 0 atom stereocenters. The molecule has 170 valence electrons. The Kier molecular flexibility index (Phi) is 7.94. The molecule has 0 spiro atoms. The minimum absolute atomic E-state index is 0.179. The van der Waals surface area contributed by atoms with Gasteiger partial charge in [-0.15, -0.1) is 0 Å². The largest absolute Gasteiger partial charge is 0.367 e. The van der Waals surface area contributed by atoms with Crippen molar-refractivity contribution in [3.63, 3.8) is 0 Å². The third-order valence-corrected chi connectivity index (χ3v) is 6.31. The number of benzene rings is 3. The number of piperazine rings is 1. The van der Waals surface area contributed by atoms with Crippen LogP contribution in [0.3, 0.4) is 0 Å². The molecule has 4 nitrogen and oxygen atoms in total. The standard InChI is InChI=1S/C26H24Cl3N3O/c27-21-7-3-19(4-8-21)2-1-13-31-14-16-32(17-15-31)25-18-23(29)11-12-24(25)30-26(33)20-5-9-22(28)10-6-20/h1-12,18H,13-17H2,(H,30,33)/b2-1+. The second kappa shape index (κ2) is 11.1. The van der Waals surface area contributed by atoms with Crippen LogP contribution in [0.25, 0.3) is 6.08 Å². The summed E-state index contributed by atoms with van der Waals surface area (Å²) >= 11 is 18.2. The number of carbonyl (C=O) groups excluding carboxylic acids is 1. The summed E-state index contributed by atoms with van der Waals surface area (Å²) < 4.78 is 0. The summed E-state index contributed by atoms with van der Waals surface area (Å²) in [6, 6.07) is 20.2.